The highest BCUT2D eigenvalue weighted by molar-refractivity contribution is 5.97. The van der Waals surface area contributed by atoms with Gasteiger partial charge in [0, 0.05) is 17.8 Å². The molecule has 4 aliphatic rings. The number of ether oxygens (including phenoxy) is 2. The Bertz CT molecular complexity index is 471. The smallest absolute Gasteiger partial charge is 0.160 e. The minimum absolute atomic E-state index is 0.0210. The van der Waals surface area contributed by atoms with Gasteiger partial charge in [-0.05, 0) is 49.5 Å². The summed E-state index contributed by atoms with van der Waals surface area (Å²) >= 11 is 0. The van der Waals surface area contributed by atoms with Gasteiger partial charge in [0.15, 0.2) is 12.1 Å². The fraction of sp³-hybridized carbons (Fsp3) is 0.833. The average molecular weight is 290 g/mol. The zero-order valence-electron chi connectivity index (χ0n) is 13.1. The maximum atomic E-state index is 12.4. The van der Waals surface area contributed by atoms with Crippen molar-refractivity contribution in [2.75, 3.05) is 6.61 Å². The number of hydrogen-bond donors (Lipinski definition) is 0. The van der Waals surface area contributed by atoms with Gasteiger partial charge in [-0.3, -0.25) is 4.79 Å². The predicted octanol–water partition coefficient (Wildman–Crippen LogP) is 3.48. The lowest BCUT2D eigenvalue weighted by Crippen LogP contribution is -2.51. The van der Waals surface area contributed by atoms with E-state index in [1.165, 1.54) is 6.42 Å². The van der Waals surface area contributed by atoms with E-state index in [9.17, 15) is 4.79 Å². The molecule has 6 atom stereocenters. The van der Waals surface area contributed by atoms with Crippen LogP contribution in [0.1, 0.15) is 52.4 Å². The third kappa shape index (κ3) is 1.97. The number of rotatable bonds is 1. The lowest BCUT2D eigenvalue weighted by molar-refractivity contribution is -0.167. The van der Waals surface area contributed by atoms with Crippen LogP contribution in [-0.2, 0) is 14.3 Å². The highest BCUT2D eigenvalue weighted by Gasteiger charge is 2.56. The standard InChI is InChI=1S/C18H26O3/c1-11-9-15(19)13-5-3-4-6-14(13)18(11,2)16-10-12-7-8-20-17(12)21-16/h5,11-12,14,16-17H,3-4,6-10H2,1-2H3/t11-,12+,14+,16+,17+,18+/m1/s1. The van der Waals surface area contributed by atoms with Crippen LogP contribution in [0.3, 0.4) is 0 Å². The Morgan fingerprint density at radius 3 is 3.00 bits per heavy atom. The van der Waals surface area contributed by atoms with Gasteiger partial charge in [-0.2, -0.15) is 0 Å². The molecule has 1 saturated carbocycles. The van der Waals surface area contributed by atoms with E-state index in [-0.39, 0.29) is 17.8 Å². The number of hydrogen-bond acceptors (Lipinski definition) is 3. The van der Waals surface area contributed by atoms with Crippen LogP contribution in [0.2, 0.25) is 0 Å². The molecule has 0 aromatic rings. The van der Waals surface area contributed by atoms with E-state index >= 15 is 0 Å². The zero-order chi connectivity index (χ0) is 14.6. The van der Waals surface area contributed by atoms with Crippen LogP contribution >= 0.6 is 0 Å². The van der Waals surface area contributed by atoms with E-state index in [4.69, 9.17) is 9.47 Å². The van der Waals surface area contributed by atoms with E-state index in [1.54, 1.807) is 0 Å². The first-order chi connectivity index (χ1) is 10.1. The SMILES string of the molecule is C[C@@H]1CC(=O)C2=CCCC[C@@H]2[C@@]1(C)[C@@H]1C[C@@H]2CCO[C@H]2O1. The molecule has 4 rings (SSSR count). The number of ketones is 1. The minimum Gasteiger partial charge on any atom is -0.352 e. The summed E-state index contributed by atoms with van der Waals surface area (Å²) in [5.74, 6) is 1.76. The Balaban J connectivity index is 1.66. The molecule has 0 spiro atoms. The summed E-state index contributed by atoms with van der Waals surface area (Å²) in [7, 11) is 0. The molecule has 0 amide bonds. The summed E-state index contributed by atoms with van der Waals surface area (Å²) in [4.78, 5) is 12.4. The molecule has 2 aliphatic heterocycles. The van der Waals surface area contributed by atoms with Crippen LogP contribution in [0.25, 0.3) is 0 Å². The van der Waals surface area contributed by atoms with Crippen molar-refractivity contribution in [2.45, 2.75) is 64.8 Å². The van der Waals surface area contributed by atoms with Crippen molar-refractivity contribution >= 4 is 5.78 Å². The summed E-state index contributed by atoms with van der Waals surface area (Å²) in [6.45, 7) is 5.47. The third-order valence-corrected chi connectivity index (χ3v) is 6.73. The first-order valence-corrected chi connectivity index (χ1v) is 8.61. The van der Waals surface area contributed by atoms with Crippen LogP contribution in [0.15, 0.2) is 11.6 Å². The van der Waals surface area contributed by atoms with Crippen molar-refractivity contribution < 1.29 is 14.3 Å². The van der Waals surface area contributed by atoms with Crippen molar-refractivity contribution in [3.8, 4) is 0 Å². The van der Waals surface area contributed by atoms with Crippen LogP contribution in [0.5, 0.6) is 0 Å². The summed E-state index contributed by atoms with van der Waals surface area (Å²) in [5.41, 5.74) is 1.21. The van der Waals surface area contributed by atoms with Gasteiger partial charge in [0.05, 0.1) is 12.7 Å². The number of carbonyl (C=O) groups excluding carboxylic acids is 1. The molecule has 21 heavy (non-hydrogen) atoms. The Hall–Kier alpha value is -0.670. The van der Waals surface area contributed by atoms with Gasteiger partial charge in [0.2, 0.25) is 0 Å². The molecule has 3 nitrogen and oxygen atoms in total. The van der Waals surface area contributed by atoms with Crippen LogP contribution in [0, 0.1) is 23.2 Å². The van der Waals surface area contributed by atoms with Crippen molar-refractivity contribution in [2.24, 2.45) is 23.2 Å². The molecule has 0 radical (unpaired) electrons. The Morgan fingerprint density at radius 1 is 1.33 bits per heavy atom. The monoisotopic (exact) mass is 290 g/mol. The summed E-state index contributed by atoms with van der Waals surface area (Å²) in [5, 5.41) is 0. The highest BCUT2D eigenvalue weighted by Crippen LogP contribution is 2.56. The molecular formula is C18H26O3. The van der Waals surface area contributed by atoms with Crippen molar-refractivity contribution in [1.29, 1.82) is 0 Å². The Labute approximate surface area is 127 Å². The van der Waals surface area contributed by atoms with E-state index in [0.717, 1.165) is 37.9 Å². The first-order valence-electron chi connectivity index (χ1n) is 8.61. The second kappa shape index (κ2) is 4.92. The molecule has 116 valence electrons. The molecule has 3 fully saturated rings. The topological polar surface area (TPSA) is 35.5 Å². The van der Waals surface area contributed by atoms with Gasteiger partial charge >= 0.3 is 0 Å². The van der Waals surface area contributed by atoms with E-state index in [0.29, 0.717) is 30.0 Å². The molecule has 2 heterocycles. The van der Waals surface area contributed by atoms with Gasteiger partial charge in [0.1, 0.15) is 0 Å². The molecular weight excluding hydrogens is 264 g/mol. The molecule has 3 heteroatoms. The van der Waals surface area contributed by atoms with Crippen LogP contribution in [-0.4, -0.2) is 24.8 Å². The summed E-state index contributed by atoms with van der Waals surface area (Å²) in [6.07, 6.45) is 8.86. The van der Waals surface area contributed by atoms with Gasteiger partial charge in [0.25, 0.3) is 0 Å². The molecule has 0 aromatic carbocycles. The number of allylic oxidation sites excluding steroid dienone is 2. The third-order valence-electron chi connectivity index (χ3n) is 6.73. The van der Waals surface area contributed by atoms with Crippen molar-refractivity contribution in [3.05, 3.63) is 11.6 Å². The normalized spacial score (nSPS) is 49.7. The van der Waals surface area contributed by atoms with E-state index < -0.39 is 0 Å². The largest absolute Gasteiger partial charge is 0.352 e. The molecule has 0 aromatic heterocycles. The van der Waals surface area contributed by atoms with Crippen LogP contribution in [0.4, 0.5) is 0 Å². The molecule has 2 saturated heterocycles. The van der Waals surface area contributed by atoms with Crippen molar-refractivity contribution in [1.82, 2.24) is 0 Å². The summed E-state index contributed by atoms with van der Waals surface area (Å²) < 4.78 is 12.1. The Morgan fingerprint density at radius 2 is 2.19 bits per heavy atom. The van der Waals surface area contributed by atoms with Crippen LogP contribution < -0.4 is 0 Å². The lowest BCUT2D eigenvalue weighted by atomic mass is 9.54. The quantitative estimate of drug-likeness (QED) is 0.741. The minimum atomic E-state index is 0.0210. The average Bonchev–Trinajstić information content (AvgIpc) is 3.06. The number of carbonyl (C=O) groups is 1. The summed E-state index contributed by atoms with van der Waals surface area (Å²) in [6, 6.07) is 0. The second-order valence-electron chi connectivity index (χ2n) is 7.69. The fourth-order valence-corrected chi connectivity index (χ4v) is 5.21. The van der Waals surface area contributed by atoms with Crippen molar-refractivity contribution in [3.63, 3.8) is 0 Å². The Kier molecular flexibility index (Phi) is 3.27. The molecule has 0 bridgehead atoms. The number of fused-ring (bicyclic) bond motifs is 2. The van der Waals surface area contributed by atoms with Gasteiger partial charge in [-0.1, -0.05) is 19.9 Å². The predicted molar refractivity (Wildman–Crippen MR) is 79.7 cm³/mol. The fourth-order valence-electron chi connectivity index (χ4n) is 5.21. The zero-order valence-corrected chi connectivity index (χ0v) is 13.1. The van der Waals surface area contributed by atoms with E-state index in [1.807, 2.05) is 0 Å². The van der Waals surface area contributed by atoms with Gasteiger partial charge in [-0.15, -0.1) is 0 Å². The van der Waals surface area contributed by atoms with Gasteiger partial charge in [-0.25, -0.2) is 0 Å². The maximum Gasteiger partial charge on any atom is 0.160 e. The highest BCUT2D eigenvalue weighted by atomic mass is 16.7. The molecule has 0 unspecified atom stereocenters. The molecule has 0 N–H and O–H groups in total. The first kappa shape index (κ1) is 14.0. The maximum absolute atomic E-state index is 12.4. The van der Waals surface area contributed by atoms with Gasteiger partial charge < -0.3 is 9.47 Å². The lowest BCUT2D eigenvalue weighted by Gasteiger charge is -2.51. The molecule has 2 aliphatic carbocycles. The second-order valence-corrected chi connectivity index (χ2v) is 7.69. The van der Waals surface area contributed by atoms with E-state index in [2.05, 4.69) is 19.9 Å². The number of Topliss-reactive ketones (excluding diaryl/α,β-unsaturated/α-hetero) is 1.